The monoisotopic (exact) mass is 238 g/mol. The van der Waals surface area contributed by atoms with Gasteiger partial charge in [-0.15, -0.1) is 0 Å². The van der Waals surface area contributed by atoms with E-state index >= 15 is 0 Å². The summed E-state index contributed by atoms with van der Waals surface area (Å²) in [6.07, 6.45) is 2.60. The van der Waals surface area contributed by atoms with Crippen molar-refractivity contribution in [1.82, 2.24) is 4.98 Å². The molecule has 0 aliphatic carbocycles. The van der Waals surface area contributed by atoms with Crippen molar-refractivity contribution in [3.05, 3.63) is 18.3 Å². The van der Waals surface area contributed by atoms with Crippen LogP contribution >= 0.6 is 0 Å². The maximum absolute atomic E-state index is 5.53. The van der Waals surface area contributed by atoms with Gasteiger partial charge < -0.3 is 20.2 Å². The summed E-state index contributed by atoms with van der Waals surface area (Å²) in [6.45, 7) is 2.09. The van der Waals surface area contributed by atoms with Crippen molar-refractivity contribution in [3.63, 3.8) is 0 Å². The molecule has 0 bridgehead atoms. The molecule has 0 radical (unpaired) electrons. The normalized spacial score (nSPS) is 23.6. The second-order valence-corrected chi connectivity index (χ2v) is 4.12. The van der Waals surface area contributed by atoms with Gasteiger partial charge in [0.15, 0.2) is 0 Å². The van der Waals surface area contributed by atoms with Gasteiger partial charge >= 0.3 is 0 Å². The van der Waals surface area contributed by atoms with E-state index in [1.54, 1.807) is 13.3 Å². The second kappa shape index (κ2) is 5.31. The first-order valence-corrected chi connectivity index (χ1v) is 5.57. The number of aromatic nitrogens is 1. The minimum atomic E-state index is -0.223. The van der Waals surface area contributed by atoms with Gasteiger partial charge in [-0.3, -0.25) is 0 Å². The standard InChI is InChI=1S/C11H18N4O2/c1-16-11(3-5-17-8-11)7-14-9-2-4-13-10(6-9)15-12/h2,4,6H,3,5,7-8,12H2,1H3,(H2,13,14,15). The molecule has 94 valence electrons. The summed E-state index contributed by atoms with van der Waals surface area (Å²) in [5.41, 5.74) is 3.24. The van der Waals surface area contributed by atoms with E-state index in [4.69, 9.17) is 15.3 Å². The average Bonchev–Trinajstić information content (AvgIpc) is 2.86. The number of hydrogen-bond donors (Lipinski definition) is 3. The number of nitrogen functional groups attached to an aromatic ring is 1. The van der Waals surface area contributed by atoms with Gasteiger partial charge in [0.05, 0.1) is 6.61 Å². The molecule has 1 fully saturated rings. The molecule has 0 spiro atoms. The largest absolute Gasteiger partial charge is 0.382 e. The number of nitrogens with zero attached hydrogens (tertiary/aromatic N) is 1. The quantitative estimate of drug-likeness (QED) is 0.514. The zero-order chi connectivity index (χ0) is 12.1. The Balaban J connectivity index is 1.96. The summed E-state index contributed by atoms with van der Waals surface area (Å²) in [6, 6.07) is 3.74. The summed E-state index contributed by atoms with van der Waals surface area (Å²) >= 11 is 0. The molecule has 6 heteroatoms. The fourth-order valence-corrected chi connectivity index (χ4v) is 1.84. The van der Waals surface area contributed by atoms with Crippen LogP contribution in [0.25, 0.3) is 0 Å². The van der Waals surface area contributed by atoms with Crippen molar-refractivity contribution in [2.75, 3.05) is 37.6 Å². The average molecular weight is 238 g/mol. The van der Waals surface area contributed by atoms with Crippen LogP contribution in [0.3, 0.4) is 0 Å². The summed E-state index contributed by atoms with van der Waals surface area (Å²) in [7, 11) is 1.72. The molecule has 1 aromatic heterocycles. The van der Waals surface area contributed by atoms with Crippen molar-refractivity contribution in [3.8, 4) is 0 Å². The number of pyridine rings is 1. The lowest BCUT2D eigenvalue weighted by atomic mass is 10.0. The van der Waals surface area contributed by atoms with Crippen molar-refractivity contribution in [1.29, 1.82) is 0 Å². The van der Waals surface area contributed by atoms with Crippen molar-refractivity contribution in [2.24, 2.45) is 5.84 Å². The summed E-state index contributed by atoms with van der Waals surface area (Å²) in [4.78, 5) is 4.04. The Morgan fingerprint density at radius 2 is 2.53 bits per heavy atom. The van der Waals surface area contributed by atoms with E-state index in [0.717, 1.165) is 18.7 Å². The zero-order valence-electron chi connectivity index (χ0n) is 9.90. The molecule has 2 rings (SSSR count). The lowest BCUT2D eigenvalue weighted by Crippen LogP contribution is -2.39. The van der Waals surface area contributed by atoms with Crippen molar-refractivity contribution >= 4 is 11.5 Å². The molecule has 1 atom stereocenters. The van der Waals surface area contributed by atoms with E-state index in [9.17, 15) is 0 Å². The predicted molar refractivity (Wildman–Crippen MR) is 65.7 cm³/mol. The Labute approximate surface area is 100 Å². The molecule has 1 aromatic rings. The fraction of sp³-hybridized carbons (Fsp3) is 0.545. The molecule has 2 heterocycles. The number of hydrazine groups is 1. The van der Waals surface area contributed by atoms with Gasteiger partial charge in [0.1, 0.15) is 11.4 Å². The van der Waals surface area contributed by atoms with Crippen LogP contribution in [-0.4, -0.2) is 37.5 Å². The maximum Gasteiger partial charge on any atom is 0.141 e. The second-order valence-electron chi connectivity index (χ2n) is 4.12. The van der Waals surface area contributed by atoms with Crippen LogP contribution in [0.1, 0.15) is 6.42 Å². The van der Waals surface area contributed by atoms with Crippen molar-refractivity contribution in [2.45, 2.75) is 12.0 Å². The minimum Gasteiger partial charge on any atom is -0.382 e. The third-order valence-corrected chi connectivity index (χ3v) is 3.02. The van der Waals surface area contributed by atoms with Gasteiger partial charge in [-0.2, -0.15) is 0 Å². The van der Waals surface area contributed by atoms with Crippen LogP contribution in [-0.2, 0) is 9.47 Å². The van der Waals surface area contributed by atoms with E-state index in [2.05, 4.69) is 15.7 Å². The Morgan fingerprint density at radius 1 is 1.65 bits per heavy atom. The number of nitrogens with one attached hydrogen (secondary N) is 2. The molecular formula is C11H18N4O2. The topological polar surface area (TPSA) is 81.4 Å². The lowest BCUT2D eigenvalue weighted by molar-refractivity contribution is -0.00619. The number of nitrogens with two attached hydrogens (primary N) is 1. The Kier molecular flexibility index (Phi) is 3.78. The van der Waals surface area contributed by atoms with Crippen molar-refractivity contribution < 1.29 is 9.47 Å². The van der Waals surface area contributed by atoms with E-state index < -0.39 is 0 Å². The molecule has 4 N–H and O–H groups in total. The number of hydrogen-bond acceptors (Lipinski definition) is 6. The summed E-state index contributed by atoms with van der Waals surface area (Å²) < 4.78 is 10.9. The SMILES string of the molecule is COC1(CNc2ccnc(NN)c2)CCOC1. The first kappa shape index (κ1) is 12.1. The van der Waals surface area contributed by atoms with Gasteiger partial charge in [0.2, 0.25) is 0 Å². The molecule has 0 amide bonds. The molecular weight excluding hydrogens is 220 g/mol. The highest BCUT2D eigenvalue weighted by atomic mass is 16.5. The van der Waals surface area contributed by atoms with E-state index in [0.29, 0.717) is 19.0 Å². The zero-order valence-corrected chi connectivity index (χ0v) is 9.90. The van der Waals surface area contributed by atoms with Gasteiger partial charge in [0, 0.05) is 44.6 Å². The smallest absolute Gasteiger partial charge is 0.141 e. The predicted octanol–water partition coefficient (Wildman–Crippen LogP) is 0.585. The van der Waals surface area contributed by atoms with E-state index in [1.165, 1.54) is 0 Å². The van der Waals surface area contributed by atoms with E-state index in [1.807, 2.05) is 12.1 Å². The van der Waals surface area contributed by atoms with Crippen LogP contribution in [0.15, 0.2) is 18.3 Å². The molecule has 0 aromatic carbocycles. The number of rotatable bonds is 5. The van der Waals surface area contributed by atoms with E-state index in [-0.39, 0.29) is 5.60 Å². The minimum absolute atomic E-state index is 0.223. The first-order chi connectivity index (χ1) is 8.28. The van der Waals surface area contributed by atoms with Crippen LogP contribution < -0.4 is 16.6 Å². The fourth-order valence-electron chi connectivity index (χ4n) is 1.84. The Hall–Kier alpha value is -1.37. The molecule has 1 saturated heterocycles. The molecule has 6 nitrogen and oxygen atoms in total. The maximum atomic E-state index is 5.53. The highest BCUT2D eigenvalue weighted by Gasteiger charge is 2.34. The third-order valence-electron chi connectivity index (χ3n) is 3.02. The molecule has 0 saturated carbocycles. The Bertz CT molecular complexity index is 366. The van der Waals surface area contributed by atoms with Gasteiger partial charge in [-0.1, -0.05) is 0 Å². The molecule has 1 unspecified atom stereocenters. The highest BCUT2D eigenvalue weighted by Crippen LogP contribution is 2.23. The molecule has 1 aliphatic rings. The van der Waals surface area contributed by atoms with Gasteiger partial charge in [0.25, 0.3) is 0 Å². The first-order valence-electron chi connectivity index (χ1n) is 5.57. The number of ether oxygens (including phenoxy) is 2. The van der Waals surface area contributed by atoms with Crippen LogP contribution in [0.2, 0.25) is 0 Å². The number of methoxy groups -OCH3 is 1. The number of anilines is 2. The summed E-state index contributed by atoms with van der Waals surface area (Å²) in [5.74, 6) is 5.93. The van der Waals surface area contributed by atoms with Gasteiger partial charge in [-0.05, 0) is 6.07 Å². The Morgan fingerprint density at radius 3 is 3.18 bits per heavy atom. The third kappa shape index (κ3) is 2.85. The van der Waals surface area contributed by atoms with Crippen LogP contribution in [0, 0.1) is 0 Å². The molecule has 17 heavy (non-hydrogen) atoms. The lowest BCUT2D eigenvalue weighted by Gasteiger charge is -2.26. The van der Waals surface area contributed by atoms with Crippen LogP contribution in [0.4, 0.5) is 11.5 Å². The summed E-state index contributed by atoms with van der Waals surface area (Å²) in [5, 5.41) is 3.31. The molecule has 1 aliphatic heterocycles. The van der Waals surface area contributed by atoms with Gasteiger partial charge in [-0.25, -0.2) is 10.8 Å². The highest BCUT2D eigenvalue weighted by molar-refractivity contribution is 5.51. The van der Waals surface area contributed by atoms with Crippen LogP contribution in [0.5, 0.6) is 0 Å².